The average molecular weight is 269 g/mol. The molecule has 0 saturated carbocycles. The van der Waals surface area contributed by atoms with Crippen molar-refractivity contribution in [3.05, 3.63) is 0 Å². The summed E-state index contributed by atoms with van der Waals surface area (Å²) in [6, 6.07) is 1.65. The number of likely N-dealkylation sites (tertiary alicyclic amines) is 2. The van der Waals surface area contributed by atoms with E-state index in [4.69, 9.17) is 0 Å². The van der Waals surface area contributed by atoms with E-state index >= 15 is 0 Å². The van der Waals surface area contributed by atoms with Crippen molar-refractivity contribution in [1.29, 1.82) is 0 Å². The Morgan fingerprint density at radius 3 is 2.83 bits per heavy atom. The van der Waals surface area contributed by atoms with Gasteiger partial charge in [-0.3, -0.25) is 4.90 Å². The van der Waals surface area contributed by atoms with Gasteiger partial charge in [-0.2, -0.15) is 11.8 Å². The summed E-state index contributed by atoms with van der Waals surface area (Å²) in [6.45, 7) is 7.91. The lowest BCUT2D eigenvalue weighted by Gasteiger charge is -2.26. The zero-order valence-corrected chi connectivity index (χ0v) is 12.3. The molecule has 3 fully saturated rings. The highest BCUT2D eigenvalue weighted by atomic mass is 32.2. The van der Waals surface area contributed by atoms with Crippen molar-refractivity contribution in [3.63, 3.8) is 0 Å². The third-order valence-electron chi connectivity index (χ3n) is 4.70. The lowest BCUT2D eigenvalue weighted by Crippen LogP contribution is -2.40. The predicted molar refractivity (Wildman–Crippen MR) is 79.4 cm³/mol. The number of thioether (sulfide) groups is 1. The van der Waals surface area contributed by atoms with Crippen LogP contribution in [0.5, 0.6) is 0 Å². The molecule has 3 saturated heterocycles. The Kier molecular flexibility index (Phi) is 4.85. The van der Waals surface area contributed by atoms with Gasteiger partial charge in [-0.1, -0.05) is 0 Å². The van der Waals surface area contributed by atoms with Gasteiger partial charge in [0.1, 0.15) is 0 Å². The highest BCUT2D eigenvalue weighted by Gasteiger charge is 2.29. The van der Waals surface area contributed by atoms with Crippen LogP contribution in [0.3, 0.4) is 0 Å². The van der Waals surface area contributed by atoms with Gasteiger partial charge < -0.3 is 10.2 Å². The maximum absolute atomic E-state index is 3.65. The van der Waals surface area contributed by atoms with Crippen LogP contribution in [0.1, 0.15) is 25.7 Å². The lowest BCUT2D eigenvalue weighted by molar-refractivity contribution is 0.229. The molecule has 1 N–H and O–H groups in total. The second-order valence-corrected chi connectivity index (χ2v) is 7.15. The summed E-state index contributed by atoms with van der Waals surface area (Å²) in [7, 11) is 0. The van der Waals surface area contributed by atoms with Crippen LogP contribution >= 0.6 is 11.8 Å². The van der Waals surface area contributed by atoms with Gasteiger partial charge in [0.15, 0.2) is 0 Å². The van der Waals surface area contributed by atoms with E-state index in [0.717, 1.165) is 12.1 Å². The molecule has 3 aliphatic heterocycles. The summed E-state index contributed by atoms with van der Waals surface area (Å²) in [5.41, 5.74) is 0. The van der Waals surface area contributed by atoms with E-state index in [-0.39, 0.29) is 0 Å². The summed E-state index contributed by atoms with van der Waals surface area (Å²) in [5.74, 6) is 2.63. The fraction of sp³-hybridized carbons (Fsp3) is 1.00. The van der Waals surface area contributed by atoms with Gasteiger partial charge in [0, 0.05) is 36.7 Å². The fourth-order valence-electron chi connectivity index (χ4n) is 3.56. The first-order valence-electron chi connectivity index (χ1n) is 7.69. The quantitative estimate of drug-likeness (QED) is 0.828. The number of rotatable bonds is 4. The van der Waals surface area contributed by atoms with Crippen LogP contribution in [0.2, 0.25) is 0 Å². The van der Waals surface area contributed by atoms with Crippen molar-refractivity contribution >= 4 is 11.8 Å². The van der Waals surface area contributed by atoms with Gasteiger partial charge in [-0.25, -0.2) is 0 Å². The third kappa shape index (κ3) is 3.41. The van der Waals surface area contributed by atoms with Crippen LogP contribution in [0.4, 0.5) is 0 Å². The number of nitrogens with one attached hydrogen (secondary N) is 1. The Balaban J connectivity index is 1.36. The molecule has 3 nitrogen and oxygen atoms in total. The van der Waals surface area contributed by atoms with Crippen LogP contribution in [-0.4, -0.2) is 72.7 Å². The second kappa shape index (κ2) is 6.60. The van der Waals surface area contributed by atoms with Crippen molar-refractivity contribution in [2.45, 2.75) is 37.8 Å². The van der Waals surface area contributed by atoms with E-state index in [1.165, 1.54) is 76.5 Å². The Labute approximate surface area is 116 Å². The normalized spacial score (nSPS) is 35.3. The summed E-state index contributed by atoms with van der Waals surface area (Å²) in [6.07, 6.45) is 5.62. The Hall–Kier alpha value is 0.230. The molecule has 0 spiro atoms. The lowest BCUT2D eigenvalue weighted by atomic mass is 10.2. The van der Waals surface area contributed by atoms with E-state index in [9.17, 15) is 0 Å². The van der Waals surface area contributed by atoms with Crippen LogP contribution in [-0.2, 0) is 0 Å². The Morgan fingerprint density at radius 2 is 2.06 bits per heavy atom. The van der Waals surface area contributed by atoms with E-state index in [1.54, 1.807) is 0 Å². The topological polar surface area (TPSA) is 18.5 Å². The molecule has 104 valence electrons. The van der Waals surface area contributed by atoms with Crippen LogP contribution in [0.25, 0.3) is 0 Å². The van der Waals surface area contributed by atoms with E-state index in [0.29, 0.717) is 0 Å². The number of nitrogens with zero attached hydrogens (tertiary/aromatic N) is 2. The molecule has 0 radical (unpaired) electrons. The summed E-state index contributed by atoms with van der Waals surface area (Å²) in [4.78, 5) is 5.43. The van der Waals surface area contributed by atoms with Crippen molar-refractivity contribution in [2.24, 2.45) is 0 Å². The molecule has 3 rings (SSSR count). The van der Waals surface area contributed by atoms with Gasteiger partial charge >= 0.3 is 0 Å². The van der Waals surface area contributed by atoms with Gasteiger partial charge in [-0.05, 0) is 51.9 Å². The second-order valence-electron chi connectivity index (χ2n) is 6.00. The molecule has 0 aliphatic carbocycles. The summed E-state index contributed by atoms with van der Waals surface area (Å²) < 4.78 is 0. The van der Waals surface area contributed by atoms with Gasteiger partial charge in [0.25, 0.3) is 0 Å². The first-order chi connectivity index (χ1) is 8.92. The average Bonchev–Trinajstić information content (AvgIpc) is 3.08. The van der Waals surface area contributed by atoms with Crippen molar-refractivity contribution in [3.8, 4) is 0 Å². The summed E-state index contributed by atoms with van der Waals surface area (Å²) >= 11 is 2.12. The maximum Gasteiger partial charge on any atom is 0.0235 e. The molecule has 0 bridgehead atoms. The van der Waals surface area contributed by atoms with Gasteiger partial charge in [0.05, 0.1) is 0 Å². The molecule has 0 aromatic carbocycles. The molecular formula is C14H27N3S. The molecule has 3 heterocycles. The first-order valence-corrected chi connectivity index (χ1v) is 8.85. The van der Waals surface area contributed by atoms with Crippen molar-refractivity contribution in [1.82, 2.24) is 15.1 Å². The van der Waals surface area contributed by atoms with Crippen LogP contribution in [0.15, 0.2) is 0 Å². The van der Waals surface area contributed by atoms with E-state index in [1.807, 2.05) is 0 Å². The Morgan fingerprint density at radius 1 is 1.17 bits per heavy atom. The highest BCUT2D eigenvalue weighted by Crippen LogP contribution is 2.21. The molecule has 3 aliphatic rings. The molecule has 2 unspecified atom stereocenters. The maximum atomic E-state index is 3.65. The number of hydrogen-bond donors (Lipinski definition) is 1. The molecule has 0 aromatic heterocycles. The zero-order valence-electron chi connectivity index (χ0n) is 11.4. The monoisotopic (exact) mass is 269 g/mol. The van der Waals surface area contributed by atoms with Gasteiger partial charge in [0.2, 0.25) is 0 Å². The smallest absolute Gasteiger partial charge is 0.0235 e. The molecule has 2 atom stereocenters. The van der Waals surface area contributed by atoms with E-state index in [2.05, 4.69) is 26.9 Å². The highest BCUT2D eigenvalue weighted by molar-refractivity contribution is 7.99. The largest absolute Gasteiger partial charge is 0.312 e. The standard InChI is InChI=1S/C14H27N3S/c1-2-7-17(6-1)14-4-9-16(11-14)8-3-13-12-18-10-5-15-13/h13-15H,1-12H2. The SMILES string of the molecule is C1CCN(C2CCN(CCC3CSCCN3)C2)C1. The Bertz CT molecular complexity index is 249. The van der Waals surface area contributed by atoms with Crippen molar-refractivity contribution < 1.29 is 0 Å². The van der Waals surface area contributed by atoms with E-state index < -0.39 is 0 Å². The molecule has 4 heteroatoms. The minimum absolute atomic E-state index is 0.773. The molecule has 0 aromatic rings. The molecule has 0 amide bonds. The number of hydrogen-bond acceptors (Lipinski definition) is 4. The van der Waals surface area contributed by atoms with Gasteiger partial charge in [-0.15, -0.1) is 0 Å². The minimum Gasteiger partial charge on any atom is -0.312 e. The zero-order chi connectivity index (χ0) is 12.2. The predicted octanol–water partition coefficient (Wildman–Crippen LogP) is 1.25. The molecule has 18 heavy (non-hydrogen) atoms. The molecular weight excluding hydrogens is 242 g/mol. The van der Waals surface area contributed by atoms with Crippen LogP contribution < -0.4 is 5.32 Å². The van der Waals surface area contributed by atoms with Crippen molar-refractivity contribution in [2.75, 3.05) is 50.8 Å². The summed E-state index contributed by atoms with van der Waals surface area (Å²) in [5, 5.41) is 3.65. The first kappa shape index (κ1) is 13.2. The third-order valence-corrected chi connectivity index (χ3v) is 5.83. The minimum atomic E-state index is 0.773. The van der Waals surface area contributed by atoms with Crippen LogP contribution in [0, 0.1) is 0 Å². The fourth-order valence-corrected chi connectivity index (χ4v) is 4.56.